The average Bonchev–Trinajstić information content (AvgIpc) is 3.37. The Morgan fingerprint density at radius 1 is 1.07 bits per heavy atom. The van der Waals surface area contributed by atoms with Crippen LogP contribution in [-0.2, 0) is 13.0 Å². The van der Waals surface area contributed by atoms with Crippen molar-refractivity contribution >= 4 is 40.4 Å². The molecule has 1 aromatic heterocycles. The van der Waals surface area contributed by atoms with E-state index in [9.17, 15) is 4.79 Å². The number of hydrogen-bond donors (Lipinski definition) is 0. The second-order valence-electron chi connectivity index (χ2n) is 6.38. The van der Waals surface area contributed by atoms with Gasteiger partial charge in [0.15, 0.2) is 11.5 Å². The van der Waals surface area contributed by atoms with Crippen LogP contribution in [0.4, 0.5) is 0 Å². The number of nitrogens with zero attached hydrogens (tertiary/aromatic N) is 1. The van der Waals surface area contributed by atoms with Crippen molar-refractivity contribution in [3.05, 3.63) is 80.0 Å². The highest BCUT2D eigenvalue weighted by atomic mass is 35.5. The predicted molar refractivity (Wildman–Crippen MR) is 112 cm³/mol. The van der Waals surface area contributed by atoms with E-state index in [1.165, 1.54) is 11.3 Å². The number of halogens is 2. The fraction of sp³-hybridized carbons (Fsp3) is 0.190. The maximum atomic E-state index is 13.0. The molecule has 0 fully saturated rings. The second kappa shape index (κ2) is 8.43. The summed E-state index contributed by atoms with van der Waals surface area (Å²) in [5.74, 6) is 1.44. The van der Waals surface area contributed by atoms with Crippen molar-refractivity contribution in [1.82, 2.24) is 4.90 Å². The van der Waals surface area contributed by atoms with Gasteiger partial charge in [0.25, 0.3) is 5.91 Å². The van der Waals surface area contributed by atoms with E-state index in [2.05, 4.69) is 0 Å². The molecule has 2 aromatic carbocycles. The molecule has 0 saturated heterocycles. The molecule has 144 valence electrons. The van der Waals surface area contributed by atoms with Crippen LogP contribution in [0.1, 0.15) is 20.8 Å². The molecule has 7 heteroatoms. The summed E-state index contributed by atoms with van der Waals surface area (Å²) in [6.45, 7) is 1.23. The Kier molecular flexibility index (Phi) is 5.76. The third-order valence-electron chi connectivity index (χ3n) is 4.50. The van der Waals surface area contributed by atoms with Gasteiger partial charge < -0.3 is 14.4 Å². The lowest BCUT2D eigenvalue weighted by Crippen LogP contribution is -2.32. The number of fused-ring (bicyclic) bond motifs is 1. The van der Waals surface area contributed by atoms with E-state index >= 15 is 0 Å². The first-order valence-electron chi connectivity index (χ1n) is 8.75. The van der Waals surface area contributed by atoms with Crippen molar-refractivity contribution in [2.75, 3.05) is 13.3 Å². The number of carbonyl (C=O) groups is 1. The van der Waals surface area contributed by atoms with Crippen LogP contribution in [0.5, 0.6) is 11.5 Å². The van der Waals surface area contributed by atoms with E-state index in [0.717, 1.165) is 16.9 Å². The highest BCUT2D eigenvalue weighted by Crippen LogP contribution is 2.33. The molecule has 0 aliphatic carbocycles. The minimum Gasteiger partial charge on any atom is -0.454 e. The van der Waals surface area contributed by atoms with E-state index < -0.39 is 0 Å². The number of ether oxygens (including phenoxy) is 2. The smallest absolute Gasteiger partial charge is 0.264 e. The van der Waals surface area contributed by atoms with Crippen molar-refractivity contribution in [3.63, 3.8) is 0 Å². The van der Waals surface area contributed by atoms with Crippen LogP contribution in [0.3, 0.4) is 0 Å². The molecule has 4 nitrogen and oxygen atoms in total. The van der Waals surface area contributed by atoms with Crippen molar-refractivity contribution in [1.29, 1.82) is 0 Å². The van der Waals surface area contributed by atoms with E-state index in [1.54, 1.807) is 6.07 Å². The lowest BCUT2D eigenvalue weighted by molar-refractivity contribution is 0.0750. The van der Waals surface area contributed by atoms with E-state index in [1.807, 2.05) is 52.7 Å². The van der Waals surface area contributed by atoms with E-state index in [-0.39, 0.29) is 12.7 Å². The molecule has 3 aromatic rings. The van der Waals surface area contributed by atoms with Crippen LogP contribution in [0, 0.1) is 0 Å². The summed E-state index contributed by atoms with van der Waals surface area (Å²) in [4.78, 5) is 15.6. The SMILES string of the molecule is O=C(c1cccs1)N(CCc1ccc(Cl)cc1Cl)Cc1ccc2c(c1)OCO2. The van der Waals surface area contributed by atoms with Crippen molar-refractivity contribution in [2.45, 2.75) is 13.0 Å². The van der Waals surface area contributed by atoms with Gasteiger partial charge >= 0.3 is 0 Å². The number of thiophene rings is 1. The molecule has 0 atom stereocenters. The topological polar surface area (TPSA) is 38.8 Å². The minimum atomic E-state index is -0.00208. The molecule has 28 heavy (non-hydrogen) atoms. The molecule has 0 radical (unpaired) electrons. The fourth-order valence-electron chi connectivity index (χ4n) is 3.05. The largest absolute Gasteiger partial charge is 0.454 e. The van der Waals surface area contributed by atoms with Crippen molar-refractivity contribution < 1.29 is 14.3 Å². The summed E-state index contributed by atoms with van der Waals surface area (Å²) < 4.78 is 10.8. The van der Waals surface area contributed by atoms with Crippen LogP contribution < -0.4 is 9.47 Å². The van der Waals surface area contributed by atoms with Gasteiger partial charge in [-0.2, -0.15) is 0 Å². The van der Waals surface area contributed by atoms with E-state index in [4.69, 9.17) is 32.7 Å². The minimum absolute atomic E-state index is 0.00208. The van der Waals surface area contributed by atoms with Gasteiger partial charge in [0.1, 0.15) is 0 Å². The van der Waals surface area contributed by atoms with Gasteiger partial charge in [-0.1, -0.05) is 41.4 Å². The molecule has 1 aliphatic rings. The molecule has 0 bridgehead atoms. The number of hydrogen-bond acceptors (Lipinski definition) is 4. The quantitative estimate of drug-likeness (QED) is 0.502. The van der Waals surface area contributed by atoms with Crippen LogP contribution >= 0.6 is 34.5 Å². The number of benzene rings is 2. The first-order valence-corrected chi connectivity index (χ1v) is 10.4. The second-order valence-corrected chi connectivity index (χ2v) is 8.17. The van der Waals surface area contributed by atoms with Gasteiger partial charge in [-0.3, -0.25) is 4.79 Å². The molecule has 2 heterocycles. The van der Waals surface area contributed by atoms with Gasteiger partial charge in [0.05, 0.1) is 4.88 Å². The molecular formula is C21H17Cl2NO3S. The molecule has 0 N–H and O–H groups in total. The van der Waals surface area contributed by atoms with E-state index in [0.29, 0.717) is 40.2 Å². The Bertz CT molecular complexity index is 991. The molecule has 0 saturated carbocycles. The van der Waals surface area contributed by atoms with Crippen LogP contribution in [0.15, 0.2) is 53.9 Å². The normalized spacial score (nSPS) is 12.2. The highest BCUT2D eigenvalue weighted by molar-refractivity contribution is 7.12. The Hall–Kier alpha value is -2.21. The van der Waals surface area contributed by atoms with Gasteiger partial charge in [-0.15, -0.1) is 11.3 Å². The molecule has 1 aliphatic heterocycles. The third-order valence-corrected chi connectivity index (χ3v) is 5.94. The first-order chi connectivity index (χ1) is 13.6. The maximum absolute atomic E-state index is 13.0. The molecule has 4 rings (SSSR count). The Morgan fingerprint density at radius 3 is 2.71 bits per heavy atom. The average molecular weight is 434 g/mol. The zero-order valence-corrected chi connectivity index (χ0v) is 17.2. The summed E-state index contributed by atoms with van der Waals surface area (Å²) in [7, 11) is 0. The summed E-state index contributed by atoms with van der Waals surface area (Å²) in [5.41, 5.74) is 1.94. The number of rotatable bonds is 6. The zero-order chi connectivity index (χ0) is 19.5. The third kappa shape index (κ3) is 4.27. The zero-order valence-electron chi connectivity index (χ0n) is 14.9. The first kappa shape index (κ1) is 19.1. The standard InChI is InChI=1S/C21H17Cl2NO3S/c22-16-5-4-15(17(23)11-16)7-8-24(21(25)20-2-1-9-28-20)12-14-3-6-18-19(10-14)27-13-26-18/h1-6,9-11H,7-8,12-13H2. The molecular weight excluding hydrogens is 417 g/mol. The van der Waals surface area contributed by atoms with Crippen molar-refractivity contribution in [3.8, 4) is 11.5 Å². The lowest BCUT2D eigenvalue weighted by Gasteiger charge is -2.23. The van der Waals surface area contributed by atoms with Crippen molar-refractivity contribution in [2.24, 2.45) is 0 Å². The summed E-state index contributed by atoms with van der Waals surface area (Å²) in [6, 6.07) is 14.9. The van der Waals surface area contributed by atoms with Gasteiger partial charge in [-0.05, 0) is 53.3 Å². The number of amides is 1. The maximum Gasteiger partial charge on any atom is 0.264 e. The van der Waals surface area contributed by atoms with Crippen LogP contribution in [-0.4, -0.2) is 24.1 Å². The van der Waals surface area contributed by atoms with Crippen LogP contribution in [0.25, 0.3) is 0 Å². The molecule has 0 unspecified atom stereocenters. The number of carbonyl (C=O) groups excluding carboxylic acids is 1. The summed E-state index contributed by atoms with van der Waals surface area (Å²) >= 11 is 13.7. The van der Waals surface area contributed by atoms with Gasteiger partial charge in [0.2, 0.25) is 6.79 Å². The predicted octanol–water partition coefficient (Wildman–Crippen LogP) is 5.67. The summed E-state index contributed by atoms with van der Waals surface area (Å²) in [5, 5.41) is 3.11. The van der Waals surface area contributed by atoms with Gasteiger partial charge in [0, 0.05) is 23.1 Å². The Balaban J connectivity index is 1.54. The summed E-state index contributed by atoms with van der Waals surface area (Å²) in [6.07, 6.45) is 0.637. The van der Waals surface area contributed by atoms with Crippen LogP contribution in [0.2, 0.25) is 10.0 Å². The van der Waals surface area contributed by atoms with Gasteiger partial charge in [-0.25, -0.2) is 0 Å². The monoisotopic (exact) mass is 433 g/mol. The molecule has 0 spiro atoms. The lowest BCUT2D eigenvalue weighted by atomic mass is 10.1. The Labute approximate surface area is 177 Å². The fourth-order valence-corrected chi connectivity index (χ4v) is 4.24. The molecule has 1 amide bonds. The highest BCUT2D eigenvalue weighted by Gasteiger charge is 2.20. The Morgan fingerprint density at radius 2 is 1.93 bits per heavy atom.